The van der Waals surface area contributed by atoms with Gasteiger partial charge in [0.05, 0.1) is 5.69 Å². The Hall–Kier alpha value is -1.75. The summed E-state index contributed by atoms with van der Waals surface area (Å²) in [4.78, 5) is 28.4. The highest BCUT2D eigenvalue weighted by Gasteiger charge is 2.53. The Balaban J connectivity index is 2.01. The number of amides is 3. The number of halogens is 3. The van der Waals surface area contributed by atoms with E-state index in [1.807, 2.05) is 18.2 Å². The van der Waals surface area contributed by atoms with Crippen LogP contribution in [0.3, 0.4) is 0 Å². The molecule has 3 amide bonds. The van der Waals surface area contributed by atoms with Crippen LogP contribution in [0, 0.1) is 0 Å². The van der Waals surface area contributed by atoms with Gasteiger partial charge >= 0.3 is 6.03 Å². The van der Waals surface area contributed by atoms with Crippen molar-refractivity contribution in [2.45, 2.75) is 18.9 Å². The summed E-state index contributed by atoms with van der Waals surface area (Å²) < 4.78 is 0. The number of rotatable bonds is 3. The highest BCUT2D eigenvalue weighted by atomic mass is 35.5. The summed E-state index contributed by atoms with van der Waals surface area (Å²) in [5.74, 6) is -0.349. The molecule has 2 aromatic carbocycles. The molecule has 1 heterocycles. The first-order valence-corrected chi connectivity index (χ1v) is 8.69. The zero-order valence-electron chi connectivity index (χ0n) is 13.6. The van der Waals surface area contributed by atoms with E-state index in [4.69, 9.17) is 34.8 Å². The molecule has 0 spiro atoms. The van der Waals surface area contributed by atoms with Crippen molar-refractivity contribution in [3.8, 4) is 0 Å². The molecule has 1 atom stereocenters. The monoisotopic (exact) mass is 396 g/mol. The second-order valence-electron chi connectivity index (χ2n) is 6.15. The lowest BCUT2D eigenvalue weighted by molar-refractivity contribution is -0.123. The highest BCUT2D eigenvalue weighted by Crippen LogP contribution is 2.36. The molecule has 0 radical (unpaired) electrons. The fourth-order valence-corrected chi connectivity index (χ4v) is 3.65. The van der Waals surface area contributed by atoms with E-state index >= 15 is 0 Å². The van der Waals surface area contributed by atoms with Crippen molar-refractivity contribution >= 4 is 52.4 Å². The number of hydrogen-bond donors (Lipinski definition) is 0. The first kappa shape index (κ1) is 18.1. The second-order valence-corrected chi connectivity index (χ2v) is 7.43. The molecule has 25 heavy (non-hydrogen) atoms. The van der Waals surface area contributed by atoms with Crippen LogP contribution < -0.4 is 4.90 Å². The van der Waals surface area contributed by atoms with E-state index in [-0.39, 0.29) is 5.91 Å². The molecular weight excluding hydrogens is 383 g/mol. The third-order valence-electron chi connectivity index (χ3n) is 4.48. The van der Waals surface area contributed by atoms with Gasteiger partial charge in [-0.25, -0.2) is 9.69 Å². The minimum atomic E-state index is -1.06. The maximum atomic E-state index is 13.1. The molecule has 7 heteroatoms. The van der Waals surface area contributed by atoms with Crippen LogP contribution >= 0.6 is 34.8 Å². The molecule has 0 aromatic heterocycles. The SMILES string of the molecule is CN1C(=O)N(c2cc(Cl)cc(Cl)c2)C(=O)C1(C)Cc1ccccc1Cl. The van der Waals surface area contributed by atoms with E-state index in [2.05, 4.69) is 0 Å². The number of likely N-dealkylation sites (N-methyl/N-ethyl adjacent to an activating group) is 1. The Kier molecular flexibility index (Phi) is 4.71. The molecule has 0 aliphatic carbocycles. The molecule has 1 aliphatic rings. The Morgan fingerprint density at radius 3 is 2.20 bits per heavy atom. The van der Waals surface area contributed by atoms with E-state index in [9.17, 15) is 9.59 Å². The van der Waals surface area contributed by atoms with Crippen molar-refractivity contribution in [3.05, 3.63) is 63.1 Å². The van der Waals surface area contributed by atoms with Crippen molar-refractivity contribution in [1.82, 2.24) is 4.90 Å². The molecule has 4 nitrogen and oxygen atoms in total. The molecule has 2 aromatic rings. The summed E-state index contributed by atoms with van der Waals surface area (Å²) in [6.45, 7) is 1.72. The molecule has 0 saturated carbocycles. The van der Waals surface area contributed by atoms with Crippen LogP contribution in [0.2, 0.25) is 15.1 Å². The van der Waals surface area contributed by atoms with Gasteiger partial charge in [0.2, 0.25) is 0 Å². The average molecular weight is 398 g/mol. The minimum absolute atomic E-state index is 0.304. The van der Waals surface area contributed by atoms with E-state index in [0.29, 0.717) is 27.2 Å². The molecule has 3 rings (SSSR count). The number of benzene rings is 2. The van der Waals surface area contributed by atoms with Crippen LogP contribution in [-0.2, 0) is 11.2 Å². The van der Waals surface area contributed by atoms with E-state index < -0.39 is 11.6 Å². The second kappa shape index (κ2) is 6.52. The van der Waals surface area contributed by atoms with Crippen LogP contribution in [0.15, 0.2) is 42.5 Å². The average Bonchev–Trinajstić information content (AvgIpc) is 2.70. The van der Waals surface area contributed by atoms with Gasteiger partial charge < -0.3 is 4.90 Å². The van der Waals surface area contributed by atoms with Gasteiger partial charge in [0, 0.05) is 28.5 Å². The van der Waals surface area contributed by atoms with Crippen LogP contribution in [0.5, 0.6) is 0 Å². The van der Waals surface area contributed by atoms with Gasteiger partial charge in [-0.2, -0.15) is 0 Å². The van der Waals surface area contributed by atoms with Gasteiger partial charge in [-0.05, 0) is 36.8 Å². The van der Waals surface area contributed by atoms with Crippen molar-refractivity contribution < 1.29 is 9.59 Å². The van der Waals surface area contributed by atoms with Crippen LogP contribution in [0.1, 0.15) is 12.5 Å². The number of carbonyl (C=O) groups excluding carboxylic acids is 2. The lowest BCUT2D eigenvalue weighted by atomic mass is 9.91. The third kappa shape index (κ3) is 3.10. The Labute approximate surface area is 160 Å². The number of hydrogen-bond acceptors (Lipinski definition) is 2. The summed E-state index contributed by atoms with van der Waals surface area (Å²) in [6, 6.07) is 11.5. The summed E-state index contributed by atoms with van der Waals surface area (Å²) in [7, 11) is 1.60. The number of imide groups is 1. The molecule has 1 fully saturated rings. The number of nitrogens with zero attached hydrogens (tertiary/aromatic N) is 2. The first-order chi connectivity index (χ1) is 11.7. The van der Waals surface area contributed by atoms with Crippen molar-refractivity contribution in [1.29, 1.82) is 0 Å². The normalized spacial score (nSPS) is 20.5. The summed E-state index contributed by atoms with van der Waals surface area (Å²) in [5, 5.41) is 1.26. The zero-order chi connectivity index (χ0) is 18.4. The molecule has 0 bridgehead atoms. The number of urea groups is 1. The number of carbonyl (C=O) groups is 2. The molecule has 1 saturated heterocycles. The largest absolute Gasteiger partial charge is 0.332 e. The van der Waals surface area contributed by atoms with Gasteiger partial charge in [-0.15, -0.1) is 0 Å². The van der Waals surface area contributed by atoms with E-state index in [1.54, 1.807) is 26.1 Å². The number of anilines is 1. The Morgan fingerprint density at radius 1 is 1.00 bits per heavy atom. The van der Waals surface area contributed by atoms with Gasteiger partial charge in [-0.1, -0.05) is 53.0 Å². The summed E-state index contributed by atoms with van der Waals surface area (Å²) in [6.07, 6.45) is 0.304. The fourth-order valence-electron chi connectivity index (χ4n) is 2.94. The standard InChI is InChI=1S/C18H15Cl3N2O2/c1-18(10-11-5-3-4-6-15(11)21)16(24)23(17(25)22(18)2)14-8-12(19)7-13(20)9-14/h3-9H,10H2,1-2H3. The quantitative estimate of drug-likeness (QED) is 0.680. The molecule has 1 aliphatic heterocycles. The van der Waals surface area contributed by atoms with Gasteiger partial charge in [0.1, 0.15) is 5.54 Å². The molecule has 130 valence electrons. The maximum Gasteiger partial charge on any atom is 0.332 e. The fraction of sp³-hybridized carbons (Fsp3) is 0.222. The van der Waals surface area contributed by atoms with Crippen LogP contribution in [0.25, 0.3) is 0 Å². The predicted octanol–water partition coefficient (Wildman–Crippen LogP) is 5.05. The van der Waals surface area contributed by atoms with Gasteiger partial charge in [0.15, 0.2) is 0 Å². The molecule has 0 N–H and O–H groups in total. The van der Waals surface area contributed by atoms with Gasteiger partial charge in [0.25, 0.3) is 5.91 Å². The first-order valence-electron chi connectivity index (χ1n) is 7.56. The predicted molar refractivity (Wildman–Crippen MR) is 101 cm³/mol. The lowest BCUT2D eigenvalue weighted by Crippen LogP contribution is -2.47. The summed E-state index contributed by atoms with van der Waals surface area (Å²) in [5.41, 5.74) is 0.0875. The Bertz CT molecular complexity index is 851. The Morgan fingerprint density at radius 2 is 1.60 bits per heavy atom. The maximum absolute atomic E-state index is 13.1. The molecular formula is C18H15Cl3N2O2. The summed E-state index contributed by atoms with van der Waals surface area (Å²) >= 11 is 18.3. The van der Waals surface area contributed by atoms with Crippen LogP contribution in [-0.4, -0.2) is 29.4 Å². The van der Waals surface area contributed by atoms with E-state index in [1.165, 1.54) is 17.0 Å². The lowest BCUT2D eigenvalue weighted by Gasteiger charge is -2.28. The third-order valence-corrected chi connectivity index (χ3v) is 5.29. The minimum Gasteiger partial charge on any atom is -0.312 e. The van der Waals surface area contributed by atoms with Crippen molar-refractivity contribution in [2.75, 3.05) is 11.9 Å². The van der Waals surface area contributed by atoms with Crippen molar-refractivity contribution in [3.63, 3.8) is 0 Å². The topological polar surface area (TPSA) is 40.6 Å². The smallest absolute Gasteiger partial charge is 0.312 e. The molecule has 1 unspecified atom stereocenters. The zero-order valence-corrected chi connectivity index (χ0v) is 15.9. The van der Waals surface area contributed by atoms with Gasteiger partial charge in [-0.3, -0.25) is 4.79 Å². The van der Waals surface area contributed by atoms with Crippen LogP contribution in [0.4, 0.5) is 10.5 Å². The van der Waals surface area contributed by atoms with Crippen molar-refractivity contribution in [2.24, 2.45) is 0 Å². The highest BCUT2D eigenvalue weighted by molar-refractivity contribution is 6.36. The van der Waals surface area contributed by atoms with E-state index in [0.717, 1.165) is 10.5 Å².